The van der Waals surface area contributed by atoms with E-state index in [-0.39, 0.29) is 5.91 Å². The van der Waals surface area contributed by atoms with Gasteiger partial charge in [0.05, 0.1) is 25.5 Å². The highest BCUT2D eigenvalue weighted by molar-refractivity contribution is 6.05. The topological polar surface area (TPSA) is 83.8 Å². The predicted octanol–water partition coefficient (Wildman–Crippen LogP) is 4.66. The van der Waals surface area contributed by atoms with Gasteiger partial charge in [-0.05, 0) is 55.3 Å². The first-order chi connectivity index (χ1) is 14.5. The zero-order valence-corrected chi connectivity index (χ0v) is 16.8. The van der Waals surface area contributed by atoms with Crippen molar-refractivity contribution in [1.29, 1.82) is 0 Å². The van der Waals surface area contributed by atoms with Gasteiger partial charge in [-0.1, -0.05) is 18.2 Å². The summed E-state index contributed by atoms with van der Waals surface area (Å²) in [6.07, 6.45) is 1.97. The van der Waals surface area contributed by atoms with Crippen molar-refractivity contribution in [2.24, 2.45) is 0 Å². The summed E-state index contributed by atoms with van der Waals surface area (Å²) in [5.41, 5.74) is 4.18. The van der Waals surface area contributed by atoms with Crippen molar-refractivity contribution in [2.75, 3.05) is 22.6 Å². The zero-order chi connectivity index (χ0) is 21.1. The molecule has 2 heterocycles. The lowest BCUT2D eigenvalue weighted by molar-refractivity contribution is 0.102. The fraction of sp³-hybridized carbons (Fsp3) is 0.217. The minimum Gasteiger partial charge on any atom is -0.467 e. The first kappa shape index (κ1) is 19.6. The lowest BCUT2D eigenvalue weighted by Gasteiger charge is -2.24. The highest BCUT2D eigenvalue weighted by Crippen LogP contribution is 2.33. The van der Waals surface area contributed by atoms with Crippen LogP contribution in [0.4, 0.5) is 21.9 Å². The van der Waals surface area contributed by atoms with Gasteiger partial charge in [0.25, 0.3) is 5.91 Å². The largest absolute Gasteiger partial charge is 0.467 e. The molecule has 7 heteroatoms. The summed E-state index contributed by atoms with van der Waals surface area (Å²) in [6, 6.07) is 17.1. The number of hydrogen-bond donors (Lipinski definition) is 2. The van der Waals surface area contributed by atoms with Gasteiger partial charge in [-0.3, -0.25) is 10.1 Å². The summed E-state index contributed by atoms with van der Waals surface area (Å²) in [5.74, 6) is 0.382. The van der Waals surface area contributed by atoms with Crippen molar-refractivity contribution in [3.05, 3.63) is 77.7 Å². The summed E-state index contributed by atoms with van der Waals surface area (Å²) in [5, 5.41) is 5.44. The summed E-state index contributed by atoms with van der Waals surface area (Å²) >= 11 is 0. The minimum atomic E-state index is -0.549. The van der Waals surface area contributed by atoms with Gasteiger partial charge < -0.3 is 19.4 Å². The maximum absolute atomic E-state index is 12.8. The summed E-state index contributed by atoms with van der Waals surface area (Å²) < 4.78 is 10.2. The Kier molecular flexibility index (Phi) is 5.43. The standard InChI is InChI=1S/C23H23N3O4/c1-15-13-16-5-3-4-6-20(16)26(15)14-21-19(11-12-30-21)22(27)24-17-7-9-18(10-8-17)25-23(28)29-2/h3-12,15H,13-14H2,1-2H3,(H,24,27)(H,25,28). The van der Waals surface area contributed by atoms with Gasteiger partial charge in [-0.2, -0.15) is 0 Å². The Labute approximate surface area is 174 Å². The molecule has 4 rings (SSSR count). The second-order valence-corrected chi connectivity index (χ2v) is 7.22. The van der Waals surface area contributed by atoms with E-state index in [1.807, 2.05) is 12.1 Å². The van der Waals surface area contributed by atoms with Crippen LogP contribution in [0, 0.1) is 0 Å². The molecule has 1 atom stereocenters. The molecule has 0 saturated carbocycles. The maximum atomic E-state index is 12.8. The number of fused-ring (bicyclic) bond motifs is 1. The van der Waals surface area contributed by atoms with E-state index in [0.29, 0.717) is 35.3 Å². The summed E-state index contributed by atoms with van der Waals surface area (Å²) in [6.45, 7) is 2.70. The molecule has 7 nitrogen and oxygen atoms in total. The highest BCUT2D eigenvalue weighted by atomic mass is 16.5. The number of methoxy groups -OCH3 is 1. The van der Waals surface area contributed by atoms with E-state index in [4.69, 9.17) is 4.42 Å². The maximum Gasteiger partial charge on any atom is 0.411 e. The van der Waals surface area contributed by atoms with Crippen molar-refractivity contribution >= 4 is 29.1 Å². The van der Waals surface area contributed by atoms with Crippen LogP contribution in [-0.4, -0.2) is 25.2 Å². The Balaban J connectivity index is 1.45. The highest BCUT2D eigenvalue weighted by Gasteiger charge is 2.28. The quantitative estimate of drug-likeness (QED) is 0.645. The number of carbonyl (C=O) groups is 2. The Morgan fingerprint density at radius 3 is 2.50 bits per heavy atom. The molecule has 30 heavy (non-hydrogen) atoms. The third kappa shape index (κ3) is 4.00. The number of carbonyl (C=O) groups excluding carboxylic acids is 2. The van der Waals surface area contributed by atoms with E-state index >= 15 is 0 Å². The molecule has 2 amide bonds. The molecule has 1 aliphatic rings. The van der Waals surface area contributed by atoms with Crippen LogP contribution in [0.1, 0.15) is 28.6 Å². The second kappa shape index (κ2) is 8.32. The number of amides is 2. The third-order valence-corrected chi connectivity index (χ3v) is 5.23. The van der Waals surface area contributed by atoms with E-state index in [9.17, 15) is 9.59 Å². The number of ether oxygens (including phenoxy) is 1. The Morgan fingerprint density at radius 2 is 1.77 bits per heavy atom. The monoisotopic (exact) mass is 405 g/mol. The molecule has 1 unspecified atom stereocenters. The molecular formula is C23H23N3O4. The average molecular weight is 405 g/mol. The van der Waals surface area contributed by atoms with Crippen molar-refractivity contribution in [2.45, 2.75) is 25.9 Å². The molecule has 0 fully saturated rings. The molecule has 0 saturated heterocycles. The van der Waals surface area contributed by atoms with Crippen LogP contribution in [0.5, 0.6) is 0 Å². The van der Waals surface area contributed by atoms with Gasteiger partial charge in [0, 0.05) is 23.1 Å². The van der Waals surface area contributed by atoms with Gasteiger partial charge in [0.1, 0.15) is 5.76 Å². The van der Waals surface area contributed by atoms with Gasteiger partial charge in [0.2, 0.25) is 0 Å². The smallest absolute Gasteiger partial charge is 0.411 e. The van der Waals surface area contributed by atoms with Gasteiger partial charge in [-0.15, -0.1) is 0 Å². The fourth-order valence-corrected chi connectivity index (χ4v) is 3.69. The van der Waals surface area contributed by atoms with Crippen LogP contribution in [-0.2, 0) is 17.7 Å². The molecule has 1 aliphatic heterocycles. The minimum absolute atomic E-state index is 0.243. The summed E-state index contributed by atoms with van der Waals surface area (Å²) in [7, 11) is 1.30. The number of benzene rings is 2. The molecule has 1 aromatic heterocycles. The molecule has 3 aromatic rings. The normalized spacial score (nSPS) is 14.9. The third-order valence-electron chi connectivity index (χ3n) is 5.23. The first-order valence-corrected chi connectivity index (χ1v) is 9.72. The van der Waals surface area contributed by atoms with Gasteiger partial charge in [-0.25, -0.2) is 4.79 Å². The Morgan fingerprint density at radius 1 is 1.07 bits per heavy atom. The number of anilines is 3. The van der Waals surface area contributed by atoms with Crippen molar-refractivity contribution in [3.8, 4) is 0 Å². The molecule has 0 radical (unpaired) electrons. The second-order valence-electron chi connectivity index (χ2n) is 7.22. The van der Waals surface area contributed by atoms with E-state index < -0.39 is 6.09 Å². The molecule has 0 aliphatic carbocycles. The molecule has 0 bridgehead atoms. The Bertz CT molecular complexity index is 1060. The SMILES string of the molecule is COC(=O)Nc1ccc(NC(=O)c2ccoc2CN2c3ccccc3CC2C)cc1. The van der Waals surface area contributed by atoms with Crippen LogP contribution in [0.2, 0.25) is 0 Å². The predicted molar refractivity (Wildman–Crippen MR) is 115 cm³/mol. The van der Waals surface area contributed by atoms with E-state index in [1.54, 1.807) is 36.6 Å². The zero-order valence-electron chi connectivity index (χ0n) is 16.8. The molecule has 2 N–H and O–H groups in total. The number of nitrogens with one attached hydrogen (secondary N) is 2. The fourth-order valence-electron chi connectivity index (χ4n) is 3.69. The number of hydrogen-bond acceptors (Lipinski definition) is 5. The number of rotatable bonds is 5. The molecule has 154 valence electrons. The van der Waals surface area contributed by atoms with Gasteiger partial charge >= 0.3 is 6.09 Å². The average Bonchev–Trinajstić information content (AvgIpc) is 3.34. The van der Waals surface area contributed by atoms with Crippen LogP contribution in [0.3, 0.4) is 0 Å². The van der Waals surface area contributed by atoms with Crippen molar-refractivity contribution in [3.63, 3.8) is 0 Å². The van der Waals surface area contributed by atoms with E-state index in [1.165, 1.54) is 18.4 Å². The van der Waals surface area contributed by atoms with Crippen LogP contribution >= 0.6 is 0 Å². The molecule has 2 aromatic carbocycles. The lowest BCUT2D eigenvalue weighted by Crippen LogP contribution is -2.29. The lowest BCUT2D eigenvalue weighted by atomic mass is 10.1. The van der Waals surface area contributed by atoms with Crippen LogP contribution in [0.25, 0.3) is 0 Å². The first-order valence-electron chi connectivity index (χ1n) is 9.72. The molecule has 0 spiro atoms. The van der Waals surface area contributed by atoms with Crippen molar-refractivity contribution in [1.82, 2.24) is 0 Å². The van der Waals surface area contributed by atoms with E-state index in [0.717, 1.165) is 6.42 Å². The Hall–Kier alpha value is -3.74. The van der Waals surface area contributed by atoms with Crippen LogP contribution < -0.4 is 15.5 Å². The van der Waals surface area contributed by atoms with Crippen LogP contribution in [0.15, 0.2) is 65.3 Å². The van der Waals surface area contributed by atoms with Crippen molar-refractivity contribution < 1.29 is 18.7 Å². The molecular weight excluding hydrogens is 382 g/mol. The van der Waals surface area contributed by atoms with E-state index in [2.05, 4.69) is 39.3 Å². The summed E-state index contributed by atoms with van der Waals surface area (Å²) in [4.78, 5) is 26.4. The number of furan rings is 1. The number of nitrogens with zero attached hydrogens (tertiary/aromatic N) is 1. The van der Waals surface area contributed by atoms with Gasteiger partial charge in [0.15, 0.2) is 0 Å². The number of para-hydroxylation sites is 1.